The van der Waals surface area contributed by atoms with Crippen molar-refractivity contribution in [3.8, 4) is 0 Å². The highest BCUT2D eigenvalue weighted by Gasteiger charge is 2.19. The first-order chi connectivity index (χ1) is 9.01. The second-order valence-corrected chi connectivity index (χ2v) is 6.47. The summed E-state index contributed by atoms with van der Waals surface area (Å²) in [6, 6.07) is 6.43. The van der Waals surface area contributed by atoms with Gasteiger partial charge in [0.2, 0.25) is 10.0 Å². The van der Waals surface area contributed by atoms with Crippen molar-refractivity contribution in [2.45, 2.75) is 57.1 Å². The lowest BCUT2D eigenvalue weighted by Gasteiger charge is -2.15. The van der Waals surface area contributed by atoms with Gasteiger partial charge in [0.1, 0.15) is 0 Å². The molecule has 0 aliphatic heterocycles. The van der Waals surface area contributed by atoms with Gasteiger partial charge in [0.05, 0.1) is 11.5 Å². The number of nitrogens with one attached hydrogen (secondary N) is 1. The Morgan fingerprint density at radius 3 is 2.58 bits per heavy atom. The first-order valence-corrected chi connectivity index (χ1v) is 8.20. The van der Waals surface area contributed by atoms with Gasteiger partial charge in [-0.15, -0.1) is 0 Å². The number of sulfonamides is 1. The Labute approximate surface area is 115 Å². The van der Waals surface area contributed by atoms with Gasteiger partial charge in [0, 0.05) is 6.04 Å². The van der Waals surface area contributed by atoms with Crippen LogP contribution in [0.25, 0.3) is 0 Å². The topological polar surface area (TPSA) is 66.4 Å². The van der Waals surface area contributed by atoms with Crippen LogP contribution < -0.4 is 4.72 Å². The summed E-state index contributed by atoms with van der Waals surface area (Å²) in [5.41, 5.74) is 0.427. The number of aliphatic hydroxyl groups excluding tert-OH is 1. The number of benzene rings is 1. The quantitative estimate of drug-likeness (QED) is 0.721. The first-order valence-electron chi connectivity index (χ1n) is 6.72. The highest BCUT2D eigenvalue weighted by atomic mass is 32.2. The van der Waals surface area contributed by atoms with Gasteiger partial charge in [-0.1, -0.05) is 44.4 Å². The first kappa shape index (κ1) is 16.1. The maximum Gasteiger partial charge on any atom is 0.241 e. The van der Waals surface area contributed by atoms with Crippen LogP contribution in [-0.2, 0) is 16.6 Å². The van der Waals surface area contributed by atoms with Gasteiger partial charge in [-0.2, -0.15) is 0 Å². The number of unbranched alkanes of at least 4 members (excludes halogenated alkanes) is 2. The van der Waals surface area contributed by atoms with Crippen LogP contribution in [0, 0.1) is 0 Å². The van der Waals surface area contributed by atoms with Crippen LogP contribution in [0.1, 0.15) is 45.1 Å². The zero-order valence-corrected chi connectivity index (χ0v) is 12.4. The molecule has 5 heteroatoms. The van der Waals surface area contributed by atoms with Crippen LogP contribution in [0.15, 0.2) is 29.2 Å². The third-order valence-electron chi connectivity index (χ3n) is 3.03. The van der Waals surface area contributed by atoms with Gasteiger partial charge in [-0.25, -0.2) is 13.1 Å². The molecule has 1 rings (SSSR count). The fourth-order valence-electron chi connectivity index (χ4n) is 1.98. The zero-order chi connectivity index (χ0) is 14.3. The monoisotopic (exact) mass is 285 g/mol. The van der Waals surface area contributed by atoms with Gasteiger partial charge in [0.25, 0.3) is 0 Å². The predicted octanol–water partition coefficient (Wildman–Crippen LogP) is 2.43. The largest absolute Gasteiger partial charge is 0.392 e. The molecule has 0 radical (unpaired) electrons. The molecule has 0 aliphatic carbocycles. The Bertz CT molecular complexity index is 485. The fourth-order valence-corrected chi connectivity index (χ4v) is 3.49. The molecule has 1 unspecified atom stereocenters. The third-order valence-corrected chi connectivity index (χ3v) is 4.72. The lowest BCUT2D eigenvalue weighted by Crippen LogP contribution is -2.33. The van der Waals surface area contributed by atoms with Crippen molar-refractivity contribution in [3.63, 3.8) is 0 Å². The second-order valence-electron chi connectivity index (χ2n) is 4.78. The summed E-state index contributed by atoms with van der Waals surface area (Å²) in [6.07, 6.45) is 4.07. The van der Waals surface area contributed by atoms with Crippen molar-refractivity contribution < 1.29 is 13.5 Å². The Morgan fingerprint density at radius 2 is 1.95 bits per heavy atom. The molecule has 0 bridgehead atoms. The summed E-state index contributed by atoms with van der Waals surface area (Å²) in [6.45, 7) is 3.71. The number of hydrogen-bond acceptors (Lipinski definition) is 3. The van der Waals surface area contributed by atoms with Crippen LogP contribution in [0.4, 0.5) is 0 Å². The molecule has 0 amide bonds. The molecule has 0 saturated carbocycles. The van der Waals surface area contributed by atoms with Crippen molar-refractivity contribution in [1.82, 2.24) is 4.72 Å². The van der Waals surface area contributed by atoms with Crippen molar-refractivity contribution >= 4 is 10.0 Å². The summed E-state index contributed by atoms with van der Waals surface area (Å²) >= 11 is 0. The number of rotatable bonds is 8. The van der Waals surface area contributed by atoms with Crippen LogP contribution in [0.2, 0.25) is 0 Å². The smallest absolute Gasteiger partial charge is 0.241 e. The molecule has 0 fully saturated rings. The molecule has 1 aromatic rings. The molecule has 0 aromatic heterocycles. The van der Waals surface area contributed by atoms with Gasteiger partial charge < -0.3 is 5.11 Å². The van der Waals surface area contributed by atoms with Gasteiger partial charge in [0.15, 0.2) is 0 Å². The van der Waals surface area contributed by atoms with Crippen LogP contribution >= 0.6 is 0 Å². The highest BCUT2D eigenvalue weighted by molar-refractivity contribution is 7.89. The lowest BCUT2D eigenvalue weighted by atomic mass is 10.1. The van der Waals surface area contributed by atoms with E-state index in [9.17, 15) is 13.5 Å². The SMILES string of the molecule is CCCCCC(C)NS(=O)(=O)c1ccccc1CO. The summed E-state index contributed by atoms with van der Waals surface area (Å²) in [7, 11) is -3.55. The Kier molecular flexibility index (Phi) is 6.48. The molecule has 0 spiro atoms. The summed E-state index contributed by atoms with van der Waals surface area (Å²) in [4.78, 5) is 0.167. The molecule has 19 heavy (non-hydrogen) atoms. The van der Waals surface area contributed by atoms with Gasteiger partial charge >= 0.3 is 0 Å². The van der Waals surface area contributed by atoms with E-state index in [1.165, 1.54) is 6.07 Å². The number of hydrogen-bond donors (Lipinski definition) is 2. The van der Waals surface area contributed by atoms with Crippen molar-refractivity contribution in [3.05, 3.63) is 29.8 Å². The van der Waals surface area contributed by atoms with Crippen LogP contribution in [-0.4, -0.2) is 19.6 Å². The maximum absolute atomic E-state index is 12.2. The molecule has 0 saturated heterocycles. The van der Waals surface area contributed by atoms with Gasteiger partial charge in [-0.05, 0) is 25.0 Å². The molecule has 108 valence electrons. The summed E-state index contributed by atoms with van der Waals surface area (Å²) in [5, 5.41) is 9.20. The molecule has 2 N–H and O–H groups in total. The normalized spacial score (nSPS) is 13.4. The molecular formula is C14H23NO3S. The molecule has 1 aromatic carbocycles. The summed E-state index contributed by atoms with van der Waals surface area (Å²) < 4.78 is 27.1. The average molecular weight is 285 g/mol. The maximum atomic E-state index is 12.2. The molecule has 0 heterocycles. The Balaban J connectivity index is 2.75. The van der Waals surface area contributed by atoms with Crippen LogP contribution in [0.5, 0.6) is 0 Å². The lowest BCUT2D eigenvalue weighted by molar-refractivity contribution is 0.278. The molecular weight excluding hydrogens is 262 g/mol. The number of aliphatic hydroxyl groups is 1. The van der Waals surface area contributed by atoms with E-state index in [-0.39, 0.29) is 17.5 Å². The van der Waals surface area contributed by atoms with Crippen molar-refractivity contribution in [2.75, 3.05) is 0 Å². The van der Waals surface area contributed by atoms with E-state index in [4.69, 9.17) is 0 Å². The van der Waals surface area contributed by atoms with E-state index in [1.54, 1.807) is 18.2 Å². The average Bonchev–Trinajstić information content (AvgIpc) is 2.38. The molecule has 1 atom stereocenters. The van der Waals surface area contributed by atoms with E-state index in [0.29, 0.717) is 5.56 Å². The standard InChI is InChI=1S/C14H23NO3S/c1-3-4-5-8-12(2)15-19(17,18)14-10-7-6-9-13(14)11-16/h6-7,9-10,12,15-16H,3-5,8,11H2,1-2H3. The van der Waals surface area contributed by atoms with E-state index in [0.717, 1.165) is 25.7 Å². The van der Waals surface area contributed by atoms with E-state index < -0.39 is 10.0 Å². The Hall–Kier alpha value is -0.910. The third kappa shape index (κ3) is 4.93. The second kappa shape index (κ2) is 7.62. The molecule has 0 aliphatic rings. The van der Waals surface area contributed by atoms with E-state index in [2.05, 4.69) is 11.6 Å². The zero-order valence-electron chi connectivity index (χ0n) is 11.6. The minimum atomic E-state index is -3.55. The minimum absolute atomic E-state index is 0.0942. The Morgan fingerprint density at radius 1 is 1.26 bits per heavy atom. The van der Waals surface area contributed by atoms with Gasteiger partial charge in [-0.3, -0.25) is 0 Å². The molecule has 4 nitrogen and oxygen atoms in total. The van der Waals surface area contributed by atoms with Crippen molar-refractivity contribution in [1.29, 1.82) is 0 Å². The van der Waals surface area contributed by atoms with E-state index in [1.807, 2.05) is 6.92 Å². The van der Waals surface area contributed by atoms with Crippen LogP contribution in [0.3, 0.4) is 0 Å². The van der Waals surface area contributed by atoms with E-state index >= 15 is 0 Å². The van der Waals surface area contributed by atoms with Crippen molar-refractivity contribution in [2.24, 2.45) is 0 Å². The fraction of sp³-hybridized carbons (Fsp3) is 0.571. The predicted molar refractivity (Wildman–Crippen MR) is 76.3 cm³/mol. The highest BCUT2D eigenvalue weighted by Crippen LogP contribution is 2.16. The summed E-state index contributed by atoms with van der Waals surface area (Å²) in [5.74, 6) is 0. The minimum Gasteiger partial charge on any atom is -0.392 e.